The Morgan fingerprint density at radius 3 is 2.30 bits per heavy atom. The molecule has 1 N–H and O–H groups in total. The minimum Gasteiger partial charge on any atom is -0.496 e. The van der Waals surface area contributed by atoms with Crippen LogP contribution in [-0.4, -0.2) is 25.3 Å². The molecule has 5 nitrogen and oxygen atoms in total. The number of benzene rings is 2. The van der Waals surface area contributed by atoms with Crippen molar-refractivity contribution in [1.82, 2.24) is 0 Å². The van der Waals surface area contributed by atoms with Crippen molar-refractivity contribution in [3.05, 3.63) is 59.2 Å². The molecule has 0 heterocycles. The van der Waals surface area contributed by atoms with E-state index in [0.29, 0.717) is 35.5 Å². The molecule has 1 aliphatic rings. The predicted molar refractivity (Wildman–Crippen MR) is 114 cm³/mol. The summed E-state index contributed by atoms with van der Waals surface area (Å²) in [6.07, 6.45) is 0.152. The van der Waals surface area contributed by atoms with Gasteiger partial charge in [0.25, 0.3) is 0 Å². The first kappa shape index (κ1) is 21.7. The van der Waals surface area contributed by atoms with Gasteiger partial charge in [0.1, 0.15) is 17.6 Å². The highest BCUT2D eigenvalue weighted by Crippen LogP contribution is 2.50. The number of rotatable bonds is 3. The van der Waals surface area contributed by atoms with Gasteiger partial charge in [0.05, 0.1) is 19.6 Å². The second-order valence-electron chi connectivity index (χ2n) is 8.42. The van der Waals surface area contributed by atoms with Crippen LogP contribution in [0.15, 0.2) is 42.5 Å². The number of ether oxygens (including phenoxy) is 3. The van der Waals surface area contributed by atoms with Gasteiger partial charge in [0, 0.05) is 16.7 Å². The van der Waals surface area contributed by atoms with Crippen LogP contribution in [0, 0.1) is 17.3 Å². The van der Waals surface area contributed by atoms with E-state index in [-0.39, 0.29) is 5.97 Å². The lowest BCUT2D eigenvalue weighted by atomic mass is 9.76. The van der Waals surface area contributed by atoms with Crippen LogP contribution in [0.5, 0.6) is 11.5 Å². The van der Waals surface area contributed by atoms with Crippen LogP contribution in [-0.2, 0) is 15.1 Å². The van der Waals surface area contributed by atoms with Crippen molar-refractivity contribution >= 4 is 5.97 Å². The lowest BCUT2D eigenvalue weighted by Gasteiger charge is -2.37. The smallest absolute Gasteiger partial charge is 0.311 e. The molecular formula is C25H28O5. The largest absolute Gasteiger partial charge is 0.496 e. The zero-order chi connectivity index (χ0) is 21.9. The van der Waals surface area contributed by atoms with Crippen molar-refractivity contribution in [3.63, 3.8) is 0 Å². The van der Waals surface area contributed by atoms with Crippen molar-refractivity contribution < 1.29 is 24.1 Å². The van der Waals surface area contributed by atoms with E-state index >= 15 is 0 Å². The van der Waals surface area contributed by atoms with E-state index in [0.717, 1.165) is 5.56 Å². The summed E-state index contributed by atoms with van der Waals surface area (Å²) in [5.41, 5.74) is -0.213. The number of fused-ring (bicyclic) bond motifs is 1. The minimum atomic E-state index is -1.46. The van der Waals surface area contributed by atoms with E-state index in [1.807, 2.05) is 51.1 Å². The molecule has 2 aromatic carbocycles. The van der Waals surface area contributed by atoms with Gasteiger partial charge in [-0.05, 0) is 57.9 Å². The molecule has 0 aromatic heterocycles. The van der Waals surface area contributed by atoms with Crippen LogP contribution < -0.4 is 9.47 Å². The fourth-order valence-corrected chi connectivity index (χ4v) is 3.53. The molecule has 1 aliphatic carbocycles. The zero-order valence-corrected chi connectivity index (χ0v) is 18.1. The molecule has 2 aromatic rings. The number of aliphatic hydroxyl groups is 1. The second-order valence-corrected chi connectivity index (χ2v) is 8.42. The van der Waals surface area contributed by atoms with Crippen LogP contribution in [0.25, 0.3) is 0 Å². The molecule has 30 heavy (non-hydrogen) atoms. The number of carbonyl (C=O) groups excluding carboxylic acids is 1. The molecular weight excluding hydrogens is 380 g/mol. The first-order valence-electron chi connectivity index (χ1n) is 9.96. The van der Waals surface area contributed by atoms with E-state index in [1.165, 1.54) is 7.11 Å². The van der Waals surface area contributed by atoms with Crippen molar-refractivity contribution in [2.75, 3.05) is 14.2 Å². The lowest BCUT2D eigenvalue weighted by Crippen LogP contribution is -2.34. The molecule has 2 unspecified atom stereocenters. The predicted octanol–water partition coefficient (Wildman–Crippen LogP) is 4.37. The molecule has 0 radical (unpaired) electrons. The van der Waals surface area contributed by atoms with Crippen molar-refractivity contribution in [3.8, 4) is 23.3 Å². The topological polar surface area (TPSA) is 65.0 Å². The molecule has 0 saturated carbocycles. The monoisotopic (exact) mass is 408 g/mol. The van der Waals surface area contributed by atoms with Crippen LogP contribution in [0.4, 0.5) is 0 Å². The highest BCUT2D eigenvalue weighted by Gasteiger charge is 2.44. The molecule has 0 fully saturated rings. The lowest BCUT2D eigenvalue weighted by molar-refractivity contribution is -0.160. The van der Waals surface area contributed by atoms with E-state index in [9.17, 15) is 9.90 Å². The van der Waals surface area contributed by atoms with Crippen LogP contribution in [0.1, 0.15) is 56.4 Å². The number of hydrogen-bond acceptors (Lipinski definition) is 5. The van der Waals surface area contributed by atoms with Gasteiger partial charge in [-0.3, -0.25) is 4.79 Å². The van der Waals surface area contributed by atoms with E-state index in [1.54, 1.807) is 19.2 Å². The van der Waals surface area contributed by atoms with Crippen LogP contribution >= 0.6 is 0 Å². The summed E-state index contributed by atoms with van der Waals surface area (Å²) in [4.78, 5) is 12.6. The van der Waals surface area contributed by atoms with Crippen molar-refractivity contribution in [1.29, 1.82) is 0 Å². The van der Waals surface area contributed by atoms with Crippen molar-refractivity contribution in [2.24, 2.45) is 5.41 Å². The number of esters is 1. The average Bonchev–Trinajstić information content (AvgIpc) is 2.73. The Morgan fingerprint density at radius 2 is 1.70 bits per heavy atom. The third kappa shape index (κ3) is 4.29. The molecule has 0 amide bonds. The van der Waals surface area contributed by atoms with Gasteiger partial charge < -0.3 is 19.3 Å². The molecule has 0 bridgehead atoms. The average molecular weight is 408 g/mol. The summed E-state index contributed by atoms with van der Waals surface area (Å²) in [5, 5.41) is 11.6. The Balaban J connectivity index is 2.13. The van der Waals surface area contributed by atoms with Gasteiger partial charge in [0.15, 0.2) is 5.60 Å². The highest BCUT2D eigenvalue weighted by atomic mass is 16.5. The molecule has 158 valence electrons. The Hall–Kier alpha value is -2.97. The first-order chi connectivity index (χ1) is 14.2. The maximum absolute atomic E-state index is 12.6. The highest BCUT2D eigenvalue weighted by molar-refractivity contribution is 5.76. The van der Waals surface area contributed by atoms with Crippen LogP contribution in [0.2, 0.25) is 0 Å². The van der Waals surface area contributed by atoms with Gasteiger partial charge in [0.2, 0.25) is 0 Å². The summed E-state index contributed by atoms with van der Waals surface area (Å²) in [6.45, 7) is 5.43. The van der Waals surface area contributed by atoms with Gasteiger partial charge in [-0.2, -0.15) is 0 Å². The quantitative estimate of drug-likeness (QED) is 0.604. The summed E-state index contributed by atoms with van der Waals surface area (Å²) < 4.78 is 17.0. The van der Waals surface area contributed by atoms with Gasteiger partial charge in [-0.15, -0.1) is 0 Å². The molecule has 5 heteroatoms. The fraction of sp³-hybridized carbons (Fsp3) is 0.400. The third-order valence-electron chi connectivity index (χ3n) is 5.16. The summed E-state index contributed by atoms with van der Waals surface area (Å²) in [6, 6.07) is 13.0. The number of methoxy groups -OCH3 is 2. The Morgan fingerprint density at radius 1 is 1.07 bits per heavy atom. The Kier molecular flexibility index (Phi) is 6.09. The normalized spacial score (nSPS) is 20.4. The molecule has 3 rings (SSSR count). The van der Waals surface area contributed by atoms with Crippen LogP contribution in [0.3, 0.4) is 0 Å². The third-order valence-corrected chi connectivity index (χ3v) is 5.16. The first-order valence-corrected chi connectivity index (χ1v) is 9.96. The Labute approximate surface area is 178 Å². The number of hydrogen-bond donors (Lipinski definition) is 1. The standard InChI is InChI=1S/C25H28O5/c1-24(2,3)23(26)30-19-14-16-25(27,15-13-17-9-7-6-8-10-17)22-20(29-5)12-11-18(28-4)21(19)22/h6-12,19,27H,14,16H2,1-5H3. The molecule has 0 spiro atoms. The number of carbonyl (C=O) groups is 1. The summed E-state index contributed by atoms with van der Waals surface area (Å²) >= 11 is 0. The van der Waals surface area contributed by atoms with E-state index in [2.05, 4.69) is 11.8 Å². The zero-order valence-electron chi connectivity index (χ0n) is 18.1. The Bertz CT molecular complexity index is 978. The van der Waals surface area contributed by atoms with E-state index < -0.39 is 17.1 Å². The van der Waals surface area contributed by atoms with Gasteiger partial charge in [-0.25, -0.2) is 0 Å². The summed E-state index contributed by atoms with van der Waals surface area (Å²) in [5.74, 6) is 6.78. The minimum absolute atomic E-state index is 0.297. The van der Waals surface area contributed by atoms with Gasteiger partial charge >= 0.3 is 5.97 Å². The second kappa shape index (κ2) is 8.41. The molecule has 2 atom stereocenters. The molecule has 0 aliphatic heterocycles. The molecule has 0 saturated heterocycles. The maximum Gasteiger partial charge on any atom is 0.311 e. The van der Waals surface area contributed by atoms with E-state index in [4.69, 9.17) is 14.2 Å². The SMILES string of the molecule is COc1ccc(OC)c2c1C(OC(=O)C(C)(C)C)CCC2(O)C#Cc1ccccc1. The van der Waals surface area contributed by atoms with Gasteiger partial charge in [-0.1, -0.05) is 30.0 Å². The maximum atomic E-state index is 12.6. The fourth-order valence-electron chi connectivity index (χ4n) is 3.53. The van der Waals surface area contributed by atoms with Crippen molar-refractivity contribution in [2.45, 2.75) is 45.3 Å². The summed E-state index contributed by atoms with van der Waals surface area (Å²) in [7, 11) is 3.09.